The number of amides is 9. The Labute approximate surface area is 529 Å². The van der Waals surface area contributed by atoms with Crippen molar-refractivity contribution in [1.29, 1.82) is 0 Å². The van der Waals surface area contributed by atoms with Crippen molar-refractivity contribution < 1.29 is 48.3 Å². The van der Waals surface area contributed by atoms with Crippen LogP contribution in [-0.4, -0.2) is 168 Å². The Morgan fingerprint density at radius 2 is 1.09 bits per heavy atom. The van der Waals surface area contributed by atoms with E-state index in [1.165, 1.54) is 60.0 Å². The minimum atomic E-state index is -1.32. The highest BCUT2D eigenvalue weighted by Crippen LogP contribution is 2.24. The molecule has 1 aliphatic rings. The molecular weight excluding hydrogens is 1190 g/mol. The van der Waals surface area contributed by atoms with Gasteiger partial charge < -0.3 is 73.6 Å². The van der Waals surface area contributed by atoms with E-state index in [1.54, 1.807) is 24.5 Å². The first kappa shape index (κ1) is 66.8. The summed E-state index contributed by atoms with van der Waals surface area (Å²) in [5, 5.41) is 30.9. The Morgan fingerprint density at radius 3 is 1.67 bits per heavy atom. The maximum atomic E-state index is 15.1. The number of nitrogens with one attached hydrogen (secondary N) is 10. The van der Waals surface area contributed by atoms with E-state index in [1.807, 2.05) is 91.4 Å². The van der Waals surface area contributed by atoms with Gasteiger partial charge >= 0.3 is 0 Å². The number of hydrogen-bond donors (Lipinski definition) is 13. The maximum absolute atomic E-state index is 15.1. The number of carbonyl (C=O) groups is 9. The summed E-state index contributed by atoms with van der Waals surface area (Å²) in [5.74, 6) is -5.32. The van der Waals surface area contributed by atoms with Crippen molar-refractivity contribution in [3.63, 3.8) is 0 Å². The quantitative estimate of drug-likeness (QED) is 0.0288. The van der Waals surface area contributed by atoms with Crippen LogP contribution in [0, 0.1) is 0 Å². The van der Waals surface area contributed by atoms with Crippen LogP contribution in [-0.2, 0) is 75.3 Å². The van der Waals surface area contributed by atoms with Gasteiger partial charge in [0.1, 0.15) is 54.1 Å². The monoisotopic (exact) mass is 1270 g/mol. The highest BCUT2D eigenvalue weighted by Gasteiger charge is 2.41. The van der Waals surface area contributed by atoms with Crippen LogP contribution in [0.4, 0.5) is 0 Å². The van der Waals surface area contributed by atoms with E-state index in [-0.39, 0.29) is 63.7 Å². The van der Waals surface area contributed by atoms with Crippen LogP contribution in [0.2, 0.25) is 0 Å². The molecule has 26 heteroatoms. The number of carbonyl (C=O) groups excluding carboxylic acids is 9. The number of phenolic OH excluding ortho intramolecular Hbond substituents is 1. The number of benzene rings is 4. The van der Waals surface area contributed by atoms with E-state index >= 15 is 4.79 Å². The lowest BCUT2D eigenvalue weighted by Crippen LogP contribution is -2.60. The maximum Gasteiger partial charge on any atom is 0.246 e. The van der Waals surface area contributed by atoms with Crippen LogP contribution in [0.5, 0.6) is 5.75 Å². The molecule has 4 heterocycles. The lowest BCUT2D eigenvalue weighted by atomic mass is 10.0. The van der Waals surface area contributed by atoms with Crippen LogP contribution < -0.4 is 48.7 Å². The van der Waals surface area contributed by atoms with Gasteiger partial charge in [-0.15, -0.1) is 0 Å². The first-order valence-corrected chi connectivity index (χ1v) is 32.5. The van der Waals surface area contributed by atoms with E-state index < -0.39 is 108 Å². The Morgan fingerprint density at radius 1 is 0.578 bits per heavy atom. The Balaban J connectivity index is 0.976. The molecule has 1 fully saturated rings. The number of para-hydroxylation sites is 2. The van der Waals surface area contributed by atoms with Crippen LogP contribution in [0.15, 0.2) is 128 Å². The Bertz CT molecular complexity index is 3600. The number of aromatic nitrogens is 4. The topological polar surface area (TPSA) is 374 Å². The van der Waals surface area contributed by atoms with Gasteiger partial charge in [-0.1, -0.05) is 78.9 Å². The van der Waals surface area contributed by atoms with Crippen molar-refractivity contribution in [2.24, 2.45) is 11.5 Å². The average Bonchev–Trinajstić information content (AvgIpc) is 1.91. The van der Waals surface area contributed by atoms with Gasteiger partial charge in [0.25, 0.3) is 0 Å². The average molecular weight is 1270 g/mol. The Kier molecular flexibility index (Phi) is 24.0. The van der Waals surface area contributed by atoms with Crippen molar-refractivity contribution in [3.05, 3.63) is 156 Å². The van der Waals surface area contributed by atoms with E-state index in [0.717, 1.165) is 32.9 Å². The van der Waals surface area contributed by atoms with Crippen molar-refractivity contribution in [3.8, 4) is 5.75 Å². The van der Waals surface area contributed by atoms with Gasteiger partial charge in [-0.25, -0.2) is 4.98 Å². The molecule has 3 aromatic heterocycles. The van der Waals surface area contributed by atoms with Gasteiger partial charge in [0.05, 0.1) is 12.4 Å². The van der Waals surface area contributed by atoms with Gasteiger partial charge in [-0.05, 0) is 110 Å². The van der Waals surface area contributed by atoms with E-state index in [4.69, 9.17) is 11.5 Å². The molecule has 0 radical (unpaired) electrons. The van der Waals surface area contributed by atoms with Gasteiger partial charge in [0.2, 0.25) is 53.2 Å². The number of nitrogens with two attached hydrogens (primary N) is 2. The zero-order chi connectivity index (χ0) is 64.3. The number of H-pyrrole nitrogens is 3. The molecule has 7 aromatic rings. The molecular formula is C64H78N14O10S2. The number of likely N-dealkylation sites (tertiary alicyclic amines) is 1. The molecule has 0 bridgehead atoms. The summed E-state index contributed by atoms with van der Waals surface area (Å²) >= 11 is 2.85. The normalized spacial score (nSPS) is 15.7. The number of imidazole rings is 1. The third-order valence-electron chi connectivity index (χ3n) is 15.8. The SMILES string of the molecule is CSCC[C@@H](NC(=O)[C@@H](C)NC(=O)[C@@H](Cc1c[nH]c2ccccc12)NC(=O)[C@H]1CCCN1C(=O)[C@@H](Cc1cnc[nH]1)NC(=O)[C@@H](Cc1c[nH]c2ccccc12)NC(=O)[C@H](N)Cc1ccccc1)C(=O)N[C@H](CCSC)C(=O)N[C@H](Cc1ccc(O)cc1)C(N)=O. The minimum absolute atomic E-state index is 0.0186. The fraction of sp³-hybridized carbons (Fsp3) is 0.375. The number of aromatic amines is 3. The lowest BCUT2D eigenvalue weighted by Gasteiger charge is -2.31. The number of phenols is 1. The lowest BCUT2D eigenvalue weighted by molar-refractivity contribution is -0.142. The largest absolute Gasteiger partial charge is 0.508 e. The highest BCUT2D eigenvalue weighted by molar-refractivity contribution is 7.98. The smallest absolute Gasteiger partial charge is 0.246 e. The number of thioether (sulfide) groups is 2. The summed E-state index contributed by atoms with van der Waals surface area (Å²) in [7, 11) is 0. The number of fused-ring (bicyclic) bond motifs is 2. The fourth-order valence-corrected chi connectivity index (χ4v) is 11.8. The van der Waals surface area contributed by atoms with E-state index in [2.05, 4.69) is 57.2 Å². The molecule has 1 aliphatic heterocycles. The Hall–Kier alpha value is -9.14. The zero-order valence-electron chi connectivity index (χ0n) is 50.3. The summed E-state index contributed by atoms with van der Waals surface area (Å²) < 4.78 is 0. The summed E-state index contributed by atoms with van der Waals surface area (Å²) in [6, 6.07) is 19.5. The minimum Gasteiger partial charge on any atom is -0.508 e. The molecule has 24 nitrogen and oxygen atoms in total. The molecule has 8 rings (SSSR count). The van der Waals surface area contributed by atoms with Gasteiger partial charge in [-0.2, -0.15) is 23.5 Å². The van der Waals surface area contributed by atoms with Crippen LogP contribution in [0.25, 0.3) is 21.8 Å². The summed E-state index contributed by atoms with van der Waals surface area (Å²) in [4.78, 5) is 143. The summed E-state index contributed by atoms with van der Waals surface area (Å²) in [6.45, 7) is 1.55. The van der Waals surface area contributed by atoms with Crippen molar-refractivity contribution in [1.82, 2.24) is 62.1 Å². The van der Waals surface area contributed by atoms with Gasteiger partial charge in [-0.3, -0.25) is 43.2 Å². The van der Waals surface area contributed by atoms with Crippen molar-refractivity contribution in [2.45, 2.75) is 119 Å². The molecule has 476 valence electrons. The number of rotatable bonds is 32. The third kappa shape index (κ3) is 18.2. The second-order valence-corrected chi connectivity index (χ2v) is 24.3. The number of primary amides is 1. The second-order valence-electron chi connectivity index (χ2n) is 22.3. The molecule has 9 atom stereocenters. The second kappa shape index (κ2) is 32.4. The molecule has 0 aliphatic carbocycles. The summed E-state index contributed by atoms with van der Waals surface area (Å²) in [6.07, 6.45) is 11.1. The first-order chi connectivity index (χ1) is 43.4. The number of aromatic hydroxyl groups is 1. The zero-order valence-corrected chi connectivity index (χ0v) is 51.9. The van der Waals surface area contributed by atoms with Gasteiger partial charge in [0.15, 0.2) is 0 Å². The highest BCUT2D eigenvalue weighted by atomic mass is 32.2. The molecule has 1 saturated heterocycles. The predicted molar refractivity (Wildman–Crippen MR) is 345 cm³/mol. The van der Waals surface area contributed by atoms with Crippen LogP contribution in [0.1, 0.15) is 60.6 Å². The molecule has 90 heavy (non-hydrogen) atoms. The van der Waals surface area contributed by atoms with Crippen LogP contribution >= 0.6 is 23.5 Å². The molecule has 0 spiro atoms. The number of nitrogens with zero attached hydrogens (tertiary/aromatic N) is 2. The molecule has 0 unspecified atom stereocenters. The number of hydrogen-bond acceptors (Lipinski definition) is 14. The summed E-state index contributed by atoms with van der Waals surface area (Å²) in [5.41, 5.74) is 17.1. The molecule has 4 aromatic carbocycles. The predicted octanol–water partition coefficient (Wildman–Crippen LogP) is 2.31. The van der Waals surface area contributed by atoms with E-state index in [0.29, 0.717) is 34.7 Å². The molecule has 9 amide bonds. The standard InChI is InChI=1S/C64H78N14O10S2/c1-37(57(81)72-49(23-26-89-2)59(83)73-50(24-27-90-3)60(84)74-51(56(66)80)29-39-19-21-43(79)22-20-39)71-61(85)52(30-40-33-68-47-16-9-7-14-44(40)47)76-63(87)55-18-11-25-78(55)64(88)54(32-42-35-67-36-70-42)77-62(86)53(31-41-34-69-48-17-10-8-15-45(41)48)75-58(82)46(65)28-38-12-5-4-6-13-38/h4-10,12-17,19-22,33-37,46,49-55,68-69,79H,11,18,23-32,65H2,1-3H3,(H2,66,80)(H,67,70)(H,71,85)(H,72,81)(H,73,83)(H,74,84)(H,75,82)(H,76,87)(H,77,86)/t37-,46-,49-,50-,51-,52-,53-,54-,55-/m1/s1. The van der Waals surface area contributed by atoms with Crippen molar-refractivity contribution in [2.75, 3.05) is 30.6 Å². The first-order valence-electron chi connectivity index (χ1n) is 29.7. The fourth-order valence-electron chi connectivity index (χ4n) is 10.9. The third-order valence-corrected chi connectivity index (χ3v) is 17.1. The van der Waals surface area contributed by atoms with Crippen molar-refractivity contribution >= 4 is 98.5 Å². The van der Waals surface area contributed by atoms with Crippen LogP contribution in [0.3, 0.4) is 0 Å². The molecule has 0 saturated carbocycles. The van der Waals surface area contributed by atoms with E-state index in [9.17, 15) is 43.5 Å². The molecule has 15 N–H and O–H groups in total. The van der Waals surface area contributed by atoms with Gasteiger partial charge in [0, 0.05) is 78.3 Å².